The van der Waals surface area contributed by atoms with Crippen LogP contribution in [0.2, 0.25) is 0 Å². The Bertz CT molecular complexity index is 833. The molecule has 8 heteroatoms. The molecule has 0 bridgehead atoms. The van der Waals surface area contributed by atoms with Crippen molar-refractivity contribution in [2.75, 3.05) is 18.4 Å². The topological polar surface area (TPSA) is 78.4 Å². The van der Waals surface area contributed by atoms with Crippen molar-refractivity contribution < 1.29 is 9.90 Å². The van der Waals surface area contributed by atoms with Crippen LogP contribution in [0.1, 0.15) is 41.2 Å². The predicted molar refractivity (Wildman–Crippen MR) is 109 cm³/mol. The van der Waals surface area contributed by atoms with Crippen LogP contribution in [0, 0.1) is 11.8 Å². The molecule has 4 rings (SSSR count). The second-order valence-corrected chi connectivity index (χ2v) is 9.82. The third kappa shape index (κ3) is 3.88. The summed E-state index contributed by atoms with van der Waals surface area (Å²) in [7, 11) is 0. The lowest BCUT2D eigenvalue weighted by Gasteiger charge is -2.22. The summed E-state index contributed by atoms with van der Waals surface area (Å²) >= 11 is 4.69. The van der Waals surface area contributed by atoms with Gasteiger partial charge in [-0.2, -0.15) is 0 Å². The fourth-order valence-corrected chi connectivity index (χ4v) is 5.32. The first-order valence-corrected chi connectivity index (χ1v) is 10.8. The molecule has 3 heterocycles. The maximum absolute atomic E-state index is 12.9. The molecule has 2 aromatic heterocycles. The van der Waals surface area contributed by atoms with Crippen LogP contribution in [0.5, 0.6) is 0 Å². The van der Waals surface area contributed by atoms with Gasteiger partial charge in [0.05, 0.1) is 10.5 Å². The van der Waals surface area contributed by atoms with E-state index in [9.17, 15) is 9.90 Å². The van der Waals surface area contributed by atoms with E-state index in [0.717, 1.165) is 41.2 Å². The maximum Gasteiger partial charge on any atom is 0.263 e. The zero-order chi connectivity index (χ0) is 19.2. The molecule has 2 aliphatic rings. The van der Waals surface area contributed by atoms with Crippen molar-refractivity contribution in [3.05, 3.63) is 38.6 Å². The third-order valence-corrected chi connectivity index (χ3v) is 7.34. The number of nitrogens with one attached hydrogen (secondary N) is 1. The van der Waals surface area contributed by atoms with E-state index in [1.165, 1.54) is 11.3 Å². The normalized spacial score (nSPS) is 24.9. The van der Waals surface area contributed by atoms with Crippen LogP contribution in [0.25, 0.3) is 0 Å². The Hall–Kier alpha value is -1.51. The molecule has 2 fully saturated rings. The second-order valence-electron chi connectivity index (χ2n) is 7.93. The van der Waals surface area contributed by atoms with E-state index in [1.807, 2.05) is 29.2 Å². The van der Waals surface area contributed by atoms with Gasteiger partial charge in [-0.1, -0.05) is 0 Å². The van der Waals surface area contributed by atoms with Crippen molar-refractivity contribution in [2.24, 2.45) is 11.8 Å². The SMILES string of the molecule is CC(C)(O)c1ccc(C(=O)N2C[C@@H]3CC[C@@H](Nc4ccc(Br)nn4)[C@@H]3C2)s1. The van der Waals surface area contributed by atoms with Gasteiger partial charge in [-0.15, -0.1) is 21.5 Å². The van der Waals surface area contributed by atoms with Gasteiger partial charge in [-0.3, -0.25) is 4.79 Å². The maximum atomic E-state index is 12.9. The van der Waals surface area contributed by atoms with Crippen LogP contribution in [-0.4, -0.2) is 45.2 Å². The van der Waals surface area contributed by atoms with Gasteiger partial charge >= 0.3 is 0 Å². The summed E-state index contributed by atoms with van der Waals surface area (Å²) in [5, 5.41) is 21.8. The highest BCUT2D eigenvalue weighted by Gasteiger charge is 2.44. The molecule has 6 nitrogen and oxygen atoms in total. The van der Waals surface area contributed by atoms with Gasteiger partial charge in [0, 0.05) is 29.9 Å². The van der Waals surface area contributed by atoms with Gasteiger partial charge in [0.2, 0.25) is 0 Å². The highest BCUT2D eigenvalue weighted by molar-refractivity contribution is 9.10. The number of nitrogens with zero attached hydrogens (tertiary/aromatic N) is 3. The van der Waals surface area contributed by atoms with Gasteiger partial charge < -0.3 is 15.3 Å². The minimum Gasteiger partial charge on any atom is -0.385 e. The van der Waals surface area contributed by atoms with Crippen LogP contribution in [-0.2, 0) is 5.60 Å². The Morgan fingerprint density at radius 2 is 2.07 bits per heavy atom. The molecule has 1 saturated carbocycles. The summed E-state index contributed by atoms with van der Waals surface area (Å²) in [5.41, 5.74) is -0.911. The summed E-state index contributed by atoms with van der Waals surface area (Å²) in [4.78, 5) is 16.4. The Kier molecular flexibility index (Phi) is 4.98. The second kappa shape index (κ2) is 7.14. The smallest absolute Gasteiger partial charge is 0.263 e. The highest BCUT2D eigenvalue weighted by atomic mass is 79.9. The van der Waals surface area contributed by atoms with Crippen LogP contribution < -0.4 is 5.32 Å². The average molecular weight is 451 g/mol. The lowest BCUT2D eigenvalue weighted by molar-refractivity contribution is 0.0784. The van der Waals surface area contributed by atoms with Crippen molar-refractivity contribution in [2.45, 2.75) is 38.3 Å². The van der Waals surface area contributed by atoms with Crippen LogP contribution >= 0.6 is 27.3 Å². The molecular weight excluding hydrogens is 428 g/mol. The van der Waals surface area contributed by atoms with Crippen molar-refractivity contribution in [1.29, 1.82) is 0 Å². The minimum absolute atomic E-state index is 0.0760. The Balaban J connectivity index is 1.42. The summed E-state index contributed by atoms with van der Waals surface area (Å²) in [6, 6.07) is 7.81. The lowest BCUT2D eigenvalue weighted by atomic mass is 9.98. The zero-order valence-electron chi connectivity index (χ0n) is 15.4. The number of rotatable bonds is 4. The van der Waals surface area contributed by atoms with E-state index in [-0.39, 0.29) is 5.91 Å². The van der Waals surface area contributed by atoms with E-state index in [4.69, 9.17) is 0 Å². The molecule has 1 amide bonds. The first-order valence-electron chi connectivity index (χ1n) is 9.19. The number of aliphatic hydroxyl groups is 1. The number of thiophene rings is 1. The van der Waals surface area contributed by atoms with Crippen molar-refractivity contribution in [3.8, 4) is 0 Å². The van der Waals surface area contributed by atoms with Crippen LogP contribution in [0.3, 0.4) is 0 Å². The molecule has 1 aliphatic carbocycles. The molecule has 0 spiro atoms. The molecule has 1 aliphatic heterocycles. The quantitative estimate of drug-likeness (QED) is 0.744. The van der Waals surface area contributed by atoms with Crippen molar-refractivity contribution in [3.63, 3.8) is 0 Å². The number of anilines is 1. The predicted octanol–water partition coefficient (Wildman–Crippen LogP) is 3.49. The van der Waals surface area contributed by atoms with E-state index in [2.05, 4.69) is 31.4 Å². The van der Waals surface area contributed by atoms with E-state index < -0.39 is 5.60 Å². The molecule has 0 radical (unpaired) electrons. The fraction of sp³-hybridized carbons (Fsp3) is 0.526. The zero-order valence-corrected chi connectivity index (χ0v) is 17.8. The molecule has 0 unspecified atom stereocenters. The monoisotopic (exact) mass is 450 g/mol. The highest BCUT2D eigenvalue weighted by Crippen LogP contribution is 2.40. The number of aromatic nitrogens is 2. The van der Waals surface area contributed by atoms with Crippen molar-refractivity contribution >= 4 is 39.0 Å². The standard InChI is InChI=1S/C19H23BrN4O2S/c1-19(2,26)15-6-5-14(27-15)18(25)24-9-11-3-4-13(12(11)10-24)21-17-8-7-16(20)22-23-17/h5-8,11-13,26H,3-4,9-10H2,1-2H3,(H,21,23)/t11-,12+,13+/m0/s1. The minimum atomic E-state index is -0.911. The van der Waals surface area contributed by atoms with Crippen molar-refractivity contribution in [1.82, 2.24) is 15.1 Å². The first kappa shape index (κ1) is 18.8. The van der Waals surface area contributed by atoms with Gasteiger partial charge in [0.25, 0.3) is 5.91 Å². The summed E-state index contributed by atoms with van der Waals surface area (Å²) in [6.07, 6.45) is 2.21. The molecular formula is C19H23BrN4O2S. The Morgan fingerprint density at radius 1 is 1.26 bits per heavy atom. The molecule has 1 saturated heterocycles. The summed E-state index contributed by atoms with van der Waals surface area (Å²) in [5.74, 6) is 1.82. The van der Waals surface area contributed by atoms with Gasteiger partial charge in [-0.25, -0.2) is 0 Å². The van der Waals surface area contributed by atoms with E-state index in [1.54, 1.807) is 13.8 Å². The lowest BCUT2D eigenvalue weighted by Crippen LogP contribution is -2.33. The molecule has 0 aromatic carbocycles. The number of hydrogen-bond acceptors (Lipinski definition) is 6. The molecule has 2 N–H and O–H groups in total. The molecule has 27 heavy (non-hydrogen) atoms. The number of likely N-dealkylation sites (tertiary alicyclic amines) is 1. The average Bonchev–Trinajstić information content (AvgIpc) is 3.32. The summed E-state index contributed by atoms with van der Waals surface area (Å²) < 4.78 is 0.719. The van der Waals surface area contributed by atoms with Crippen LogP contribution in [0.4, 0.5) is 5.82 Å². The third-order valence-electron chi connectivity index (χ3n) is 5.53. The van der Waals surface area contributed by atoms with Gasteiger partial charge in [-0.05, 0) is 72.8 Å². The number of carbonyl (C=O) groups excluding carboxylic acids is 1. The number of amides is 1. The van der Waals surface area contributed by atoms with Gasteiger partial charge in [0.1, 0.15) is 10.4 Å². The number of halogens is 1. The molecule has 144 valence electrons. The van der Waals surface area contributed by atoms with Crippen LogP contribution in [0.15, 0.2) is 28.9 Å². The Morgan fingerprint density at radius 3 is 2.74 bits per heavy atom. The summed E-state index contributed by atoms with van der Waals surface area (Å²) in [6.45, 7) is 5.06. The number of carbonyl (C=O) groups is 1. The molecule has 2 aromatic rings. The number of fused-ring (bicyclic) bond motifs is 1. The van der Waals surface area contributed by atoms with E-state index >= 15 is 0 Å². The molecule has 3 atom stereocenters. The Labute approximate surface area is 171 Å². The largest absolute Gasteiger partial charge is 0.385 e. The van der Waals surface area contributed by atoms with Gasteiger partial charge in [0.15, 0.2) is 0 Å². The number of hydrogen-bond donors (Lipinski definition) is 2. The van der Waals surface area contributed by atoms with E-state index in [0.29, 0.717) is 22.8 Å². The fourth-order valence-electron chi connectivity index (χ4n) is 4.13. The first-order chi connectivity index (χ1) is 12.8.